The van der Waals surface area contributed by atoms with Gasteiger partial charge in [-0.1, -0.05) is 0 Å². The van der Waals surface area contributed by atoms with E-state index in [9.17, 15) is 4.79 Å². The number of epoxide rings is 1. The van der Waals surface area contributed by atoms with Gasteiger partial charge in [-0.2, -0.15) is 0 Å². The third-order valence-corrected chi connectivity index (χ3v) is 1.63. The van der Waals surface area contributed by atoms with Crippen molar-refractivity contribution in [3.05, 3.63) is 0 Å². The van der Waals surface area contributed by atoms with Gasteiger partial charge in [-0.15, -0.1) is 0 Å². The molecule has 0 aromatic rings. The van der Waals surface area contributed by atoms with Crippen molar-refractivity contribution in [2.75, 3.05) is 26.9 Å². The molecule has 4 nitrogen and oxygen atoms in total. The number of hydrogen-bond acceptors (Lipinski definition) is 4. The first-order valence-electron chi connectivity index (χ1n) is 4.01. The summed E-state index contributed by atoms with van der Waals surface area (Å²) in [6.07, 6.45) is 0.142. The minimum Gasteiger partial charge on any atom is -0.463 e. The fourth-order valence-corrected chi connectivity index (χ4v) is 0.800. The Kier molecular flexibility index (Phi) is 3.49. The summed E-state index contributed by atoms with van der Waals surface area (Å²) < 4.78 is 14.6. The Balaban J connectivity index is 2.07. The zero-order valence-electron chi connectivity index (χ0n) is 7.41. The van der Waals surface area contributed by atoms with Gasteiger partial charge in [0, 0.05) is 7.11 Å². The van der Waals surface area contributed by atoms with Gasteiger partial charge in [0.1, 0.15) is 12.7 Å². The summed E-state index contributed by atoms with van der Waals surface area (Å²) in [6.45, 7) is 3.28. The Hall–Kier alpha value is -0.610. The topological polar surface area (TPSA) is 48.1 Å². The molecule has 0 bridgehead atoms. The van der Waals surface area contributed by atoms with Crippen molar-refractivity contribution in [2.45, 2.75) is 13.0 Å². The smallest absolute Gasteiger partial charge is 0.311 e. The van der Waals surface area contributed by atoms with E-state index >= 15 is 0 Å². The molecule has 2 atom stereocenters. The lowest BCUT2D eigenvalue weighted by molar-refractivity contribution is -0.150. The van der Waals surface area contributed by atoms with Crippen LogP contribution in [0.25, 0.3) is 0 Å². The van der Waals surface area contributed by atoms with E-state index in [1.165, 1.54) is 0 Å². The molecule has 12 heavy (non-hydrogen) atoms. The number of hydrogen-bond donors (Lipinski definition) is 0. The second-order valence-corrected chi connectivity index (χ2v) is 2.94. The maximum absolute atomic E-state index is 11.1. The van der Waals surface area contributed by atoms with Crippen LogP contribution in [0.5, 0.6) is 0 Å². The highest BCUT2D eigenvalue weighted by atomic mass is 16.6. The first-order chi connectivity index (χ1) is 5.74. The molecule has 70 valence electrons. The van der Waals surface area contributed by atoms with Crippen molar-refractivity contribution in [1.29, 1.82) is 0 Å². The number of carbonyl (C=O) groups is 1. The molecule has 1 fully saturated rings. The van der Waals surface area contributed by atoms with Crippen molar-refractivity contribution in [2.24, 2.45) is 5.92 Å². The molecule has 0 amide bonds. The number of methoxy groups -OCH3 is 1. The summed E-state index contributed by atoms with van der Waals surface area (Å²) in [4.78, 5) is 11.1. The highest BCUT2D eigenvalue weighted by Gasteiger charge is 2.25. The summed E-state index contributed by atoms with van der Waals surface area (Å²) in [5, 5.41) is 0. The number of rotatable bonds is 5. The van der Waals surface area contributed by atoms with Gasteiger partial charge in [0.2, 0.25) is 0 Å². The normalized spacial score (nSPS) is 23.3. The molecule has 0 aromatic heterocycles. The Labute approximate surface area is 71.8 Å². The maximum atomic E-state index is 11.1. The lowest BCUT2D eigenvalue weighted by Crippen LogP contribution is -2.21. The Morgan fingerprint density at radius 3 is 2.92 bits per heavy atom. The van der Waals surface area contributed by atoms with Crippen molar-refractivity contribution in [1.82, 2.24) is 0 Å². The molecule has 2 unspecified atom stereocenters. The van der Waals surface area contributed by atoms with Crippen LogP contribution < -0.4 is 0 Å². The van der Waals surface area contributed by atoms with Gasteiger partial charge in [0.15, 0.2) is 0 Å². The van der Waals surface area contributed by atoms with Crippen LogP contribution in [-0.4, -0.2) is 39.0 Å². The van der Waals surface area contributed by atoms with E-state index in [1.807, 2.05) is 0 Å². The third-order valence-electron chi connectivity index (χ3n) is 1.63. The molecule has 1 aliphatic rings. The zero-order valence-corrected chi connectivity index (χ0v) is 7.41. The van der Waals surface area contributed by atoms with Crippen molar-refractivity contribution < 1.29 is 19.0 Å². The lowest BCUT2D eigenvalue weighted by Gasteiger charge is -2.08. The second-order valence-electron chi connectivity index (χ2n) is 2.94. The first kappa shape index (κ1) is 9.48. The molecule has 0 aliphatic carbocycles. The second kappa shape index (κ2) is 4.42. The van der Waals surface area contributed by atoms with Gasteiger partial charge >= 0.3 is 5.97 Å². The number of carbonyl (C=O) groups excluding carboxylic acids is 1. The van der Waals surface area contributed by atoms with Crippen molar-refractivity contribution in [3.8, 4) is 0 Å². The largest absolute Gasteiger partial charge is 0.463 e. The van der Waals surface area contributed by atoms with Gasteiger partial charge in [0.25, 0.3) is 0 Å². The fraction of sp³-hybridized carbons (Fsp3) is 0.875. The van der Waals surface area contributed by atoms with Crippen LogP contribution in [0.15, 0.2) is 0 Å². The van der Waals surface area contributed by atoms with Crippen LogP contribution >= 0.6 is 0 Å². The summed E-state index contributed by atoms with van der Waals surface area (Å²) in [5.41, 5.74) is 0. The molecule has 0 radical (unpaired) electrons. The van der Waals surface area contributed by atoms with Gasteiger partial charge in [-0.3, -0.25) is 4.79 Å². The molecular formula is C8H14O4. The van der Waals surface area contributed by atoms with E-state index < -0.39 is 0 Å². The Morgan fingerprint density at radius 1 is 1.75 bits per heavy atom. The van der Waals surface area contributed by atoms with Crippen LogP contribution in [-0.2, 0) is 19.0 Å². The third kappa shape index (κ3) is 3.19. The average molecular weight is 174 g/mol. The van der Waals surface area contributed by atoms with Crippen molar-refractivity contribution >= 4 is 5.97 Å². The quantitative estimate of drug-likeness (QED) is 0.441. The van der Waals surface area contributed by atoms with Crippen LogP contribution in [0.4, 0.5) is 0 Å². The van der Waals surface area contributed by atoms with Crippen LogP contribution in [0.2, 0.25) is 0 Å². The summed E-state index contributed by atoms with van der Waals surface area (Å²) >= 11 is 0. The van der Waals surface area contributed by atoms with E-state index in [1.54, 1.807) is 14.0 Å². The molecule has 1 saturated heterocycles. The van der Waals surface area contributed by atoms with Gasteiger partial charge in [0.05, 0.1) is 19.1 Å². The molecule has 1 aliphatic heterocycles. The molecular weight excluding hydrogens is 160 g/mol. The van der Waals surface area contributed by atoms with E-state index in [0.29, 0.717) is 19.8 Å². The summed E-state index contributed by atoms with van der Waals surface area (Å²) in [5.74, 6) is -0.402. The molecule has 0 saturated carbocycles. The molecule has 1 heterocycles. The lowest BCUT2D eigenvalue weighted by atomic mass is 10.2. The van der Waals surface area contributed by atoms with Crippen LogP contribution in [0.3, 0.4) is 0 Å². The highest BCUT2D eigenvalue weighted by Crippen LogP contribution is 2.10. The molecule has 0 aromatic carbocycles. The molecule has 0 spiro atoms. The zero-order chi connectivity index (χ0) is 8.97. The van der Waals surface area contributed by atoms with E-state index in [0.717, 1.165) is 0 Å². The van der Waals surface area contributed by atoms with E-state index in [4.69, 9.17) is 14.2 Å². The van der Waals surface area contributed by atoms with Gasteiger partial charge in [-0.05, 0) is 6.92 Å². The van der Waals surface area contributed by atoms with Gasteiger partial charge in [-0.25, -0.2) is 0 Å². The summed E-state index contributed by atoms with van der Waals surface area (Å²) in [7, 11) is 1.56. The fourth-order valence-electron chi connectivity index (χ4n) is 0.800. The Bertz CT molecular complexity index is 153. The predicted octanol–water partition coefficient (Wildman–Crippen LogP) is 0.211. The van der Waals surface area contributed by atoms with Crippen LogP contribution in [0.1, 0.15) is 6.92 Å². The van der Waals surface area contributed by atoms with Gasteiger partial charge < -0.3 is 14.2 Å². The molecule has 0 N–H and O–H groups in total. The highest BCUT2D eigenvalue weighted by molar-refractivity contribution is 5.72. The first-order valence-corrected chi connectivity index (χ1v) is 4.01. The van der Waals surface area contributed by atoms with Crippen LogP contribution in [0, 0.1) is 5.92 Å². The minimum absolute atomic E-state index is 0.142. The molecule has 1 rings (SSSR count). The number of esters is 1. The SMILES string of the molecule is COCC(C)C(=O)OCC1CO1. The molecule has 4 heteroatoms. The predicted molar refractivity (Wildman–Crippen MR) is 41.7 cm³/mol. The van der Waals surface area contributed by atoms with E-state index in [-0.39, 0.29) is 18.0 Å². The minimum atomic E-state index is -0.215. The summed E-state index contributed by atoms with van der Waals surface area (Å²) in [6, 6.07) is 0. The van der Waals surface area contributed by atoms with Crippen molar-refractivity contribution in [3.63, 3.8) is 0 Å². The number of ether oxygens (including phenoxy) is 3. The monoisotopic (exact) mass is 174 g/mol. The maximum Gasteiger partial charge on any atom is 0.311 e. The Morgan fingerprint density at radius 2 is 2.42 bits per heavy atom. The average Bonchev–Trinajstić information content (AvgIpc) is 2.83. The van der Waals surface area contributed by atoms with E-state index in [2.05, 4.69) is 0 Å². The standard InChI is InChI=1S/C8H14O4/c1-6(3-10-2)8(9)12-5-7-4-11-7/h6-7H,3-5H2,1-2H3.